The molecule has 4 aliphatic heterocycles. The van der Waals surface area contributed by atoms with Gasteiger partial charge in [0.25, 0.3) is 0 Å². The smallest absolute Gasteiger partial charge is 0.161 e. The molecule has 4 aliphatic carbocycles. The van der Waals surface area contributed by atoms with Crippen LogP contribution in [-0.2, 0) is 47.4 Å². The Hall–Kier alpha value is -1.23. The first-order chi connectivity index (χ1) is 29.6. The maximum absolute atomic E-state index is 12.7. The molecular formula is C46H74O17. The lowest BCUT2D eigenvalue weighted by Gasteiger charge is -2.66. The summed E-state index contributed by atoms with van der Waals surface area (Å²) in [7, 11) is 1.52. The predicted molar refractivity (Wildman–Crippen MR) is 220 cm³/mol. The van der Waals surface area contributed by atoms with Gasteiger partial charge in [0.15, 0.2) is 25.2 Å². The van der Waals surface area contributed by atoms with Crippen LogP contribution in [0.2, 0.25) is 0 Å². The minimum atomic E-state index is -1.60. The van der Waals surface area contributed by atoms with Crippen molar-refractivity contribution in [1.82, 2.24) is 0 Å². The van der Waals surface area contributed by atoms with E-state index < -0.39 is 138 Å². The van der Waals surface area contributed by atoms with E-state index in [-0.39, 0.29) is 44.0 Å². The molecule has 0 aromatic carbocycles. The molecule has 0 bridgehead atoms. The fraction of sp³-hybridized carbons (Fsp3) is 0.935. The molecule has 4 saturated heterocycles. The van der Waals surface area contributed by atoms with Crippen LogP contribution in [0.3, 0.4) is 0 Å². The predicted octanol–water partition coefficient (Wildman–Crippen LogP) is 1.89. The van der Waals surface area contributed by atoms with Gasteiger partial charge in [0.05, 0.1) is 61.0 Å². The highest BCUT2D eigenvalue weighted by atomic mass is 16.8. The van der Waals surface area contributed by atoms with Crippen molar-refractivity contribution < 1.29 is 83.2 Å². The van der Waals surface area contributed by atoms with Crippen molar-refractivity contribution in [3.05, 3.63) is 11.6 Å². The van der Waals surface area contributed by atoms with E-state index in [1.54, 1.807) is 34.6 Å². The number of ketones is 1. The molecule has 7 fully saturated rings. The number of aliphatic hydroxyl groups is 7. The molecule has 0 radical (unpaired) electrons. The zero-order chi connectivity index (χ0) is 45.6. The summed E-state index contributed by atoms with van der Waals surface area (Å²) < 4.78 is 54.8. The normalized spacial score (nSPS) is 55.0. The van der Waals surface area contributed by atoms with E-state index in [0.717, 1.165) is 5.57 Å². The van der Waals surface area contributed by atoms with Crippen LogP contribution in [0.15, 0.2) is 11.6 Å². The summed E-state index contributed by atoms with van der Waals surface area (Å²) in [5.41, 5.74) is -3.60. The van der Waals surface area contributed by atoms with Gasteiger partial charge in [-0.15, -0.1) is 0 Å². The highest BCUT2D eigenvalue weighted by molar-refractivity contribution is 5.80. The zero-order valence-electron chi connectivity index (χ0n) is 38.1. The van der Waals surface area contributed by atoms with E-state index >= 15 is 0 Å². The lowest BCUT2D eigenvalue weighted by atomic mass is 9.43. The first-order valence-corrected chi connectivity index (χ1v) is 23.4. The topological polar surface area (TPSA) is 242 Å². The standard InChI is InChI=1S/C46H74O17/c1-21(47)28-11-14-46(54)44(28,7)34(51)20-33-43(6)12-10-27(15-26(43)9-13-45(33,46)53)60-35-16-29(48)40(23(3)57-35)61-36-17-30(49)41(24(4)58-36)62-37-18-31(50)42(25(5)59-37)63-38-19-32(55-8)39(52)22(2)56-38/h9,22-25,27-42,48-54H,10-20H2,1-8H3/t22-,23-,24-,25-,27+,28+,29+,30-,31+,32+,33-,34-,35+,36+,37+,38+,39-,40-,41-,42-,43+,44+,45+,46-/m1/s1. The summed E-state index contributed by atoms with van der Waals surface area (Å²) >= 11 is 0. The van der Waals surface area contributed by atoms with Gasteiger partial charge in [-0.3, -0.25) is 4.79 Å². The van der Waals surface area contributed by atoms with E-state index in [2.05, 4.69) is 6.92 Å². The maximum atomic E-state index is 12.7. The van der Waals surface area contributed by atoms with Crippen LogP contribution in [0.4, 0.5) is 0 Å². The second-order valence-electron chi connectivity index (χ2n) is 20.7. The highest BCUT2D eigenvalue weighted by Gasteiger charge is 2.76. The molecule has 0 amide bonds. The number of ether oxygens (including phenoxy) is 9. The molecule has 17 heteroatoms. The van der Waals surface area contributed by atoms with Crippen LogP contribution in [0, 0.1) is 22.7 Å². The molecular weight excluding hydrogens is 824 g/mol. The second kappa shape index (κ2) is 18.0. The molecule has 0 unspecified atom stereocenters. The summed E-state index contributed by atoms with van der Waals surface area (Å²) in [6, 6.07) is 0. The van der Waals surface area contributed by atoms with E-state index in [0.29, 0.717) is 38.5 Å². The minimum Gasteiger partial charge on any atom is -0.392 e. The van der Waals surface area contributed by atoms with Crippen molar-refractivity contribution in [3.8, 4) is 0 Å². The Balaban J connectivity index is 0.813. The average molecular weight is 899 g/mol. The van der Waals surface area contributed by atoms with Gasteiger partial charge in [-0.2, -0.15) is 0 Å². The number of fused-ring (bicyclic) bond motifs is 5. The molecule has 3 saturated carbocycles. The van der Waals surface area contributed by atoms with Crippen molar-refractivity contribution in [2.75, 3.05) is 7.11 Å². The number of methoxy groups -OCH3 is 1. The van der Waals surface area contributed by atoms with E-state index in [9.17, 15) is 40.5 Å². The Labute approximate surface area is 370 Å². The summed E-state index contributed by atoms with van der Waals surface area (Å²) in [5, 5.41) is 80.5. The van der Waals surface area contributed by atoms with Gasteiger partial charge in [0.1, 0.15) is 41.4 Å². The summed E-state index contributed by atoms with van der Waals surface area (Å²) in [4.78, 5) is 12.7. The van der Waals surface area contributed by atoms with E-state index in [1.165, 1.54) is 14.0 Å². The number of carbonyl (C=O) groups excluding carboxylic acids is 1. The zero-order valence-corrected chi connectivity index (χ0v) is 38.1. The van der Waals surface area contributed by atoms with Crippen molar-refractivity contribution >= 4 is 5.78 Å². The molecule has 7 N–H and O–H groups in total. The van der Waals surface area contributed by atoms with E-state index in [4.69, 9.17) is 42.6 Å². The summed E-state index contributed by atoms with van der Waals surface area (Å²) in [6.07, 6.45) is -7.32. The SMILES string of the molecule is CO[C@H]1C[C@H](O[C@H]2[C@@H](O)C[C@H](O[C@H]3[C@H](O)C[C@H](O[C@H]4[C@@H](O)C[C@H](O[C@H]5CC[C@@]6(C)C(=CC[C@]7(O)[C@@H]6C[C@@H](O)[C@]6(C)[C@H](C(C)=O)CC[C@@]67O)C5)O[C@@H]4C)O[C@@H]3C)O[C@@H]2C)O[C@H](C)[C@H]1O. The molecule has 4 heterocycles. The van der Waals surface area contributed by atoms with Crippen molar-refractivity contribution in [2.24, 2.45) is 22.7 Å². The number of hydrogen-bond acceptors (Lipinski definition) is 17. The molecule has 8 rings (SSSR count). The van der Waals surface area contributed by atoms with Crippen molar-refractivity contribution in [3.63, 3.8) is 0 Å². The van der Waals surface area contributed by atoms with Gasteiger partial charge in [-0.1, -0.05) is 25.5 Å². The van der Waals surface area contributed by atoms with Crippen LogP contribution in [0.1, 0.15) is 119 Å². The lowest BCUT2D eigenvalue weighted by Crippen LogP contribution is -2.75. The number of aliphatic hydroxyl groups excluding tert-OH is 5. The van der Waals surface area contributed by atoms with Crippen LogP contribution < -0.4 is 0 Å². The first kappa shape index (κ1) is 48.2. The van der Waals surface area contributed by atoms with Crippen molar-refractivity contribution in [2.45, 2.75) is 241 Å². The number of rotatable bonds is 10. The van der Waals surface area contributed by atoms with Crippen LogP contribution in [-0.4, -0.2) is 170 Å². The molecule has 24 atom stereocenters. The summed E-state index contributed by atoms with van der Waals surface area (Å²) in [5.74, 6) is -0.991. The van der Waals surface area contributed by atoms with Gasteiger partial charge in [0, 0.05) is 50.0 Å². The highest BCUT2D eigenvalue weighted by Crippen LogP contribution is 2.69. The molecule has 0 aromatic heterocycles. The molecule has 17 nitrogen and oxygen atoms in total. The Morgan fingerprint density at radius 1 is 0.683 bits per heavy atom. The molecule has 8 aliphatic rings. The largest absolute Gasteiger partial charge is 0.392 e. The molecule has 360 valence electrons. The summed E-state index contributed by atoms with van der Waals surface area (Å²) in [6.45, 7) is 12.5. The number of carbonyl (C=O) groups is 1. The first-order valence-electron chi connectivity index (χ1n) is 23.4. The van der Waals surface area contributed by atoms with Crippen LogP contribution in [0.5, 0.6) is 0 Å². The van der Waals surface area contributed by atoms with Crippen molar-refractivity contribution in [1.29, 1.82) is 0 Å². The monoisotopic (exact) mass is 898 g/mol. The third kappa shape index (κ3) is 8.33. The fourth-order valence-electron chi connectivity index (χ4n) is 13.4. The quantitative estimate of drug-likeness (QED) is 0.155. The fourth-order valence-corrected chi connectivity index (χ4v) is 13.4. The Morgan fingerprint density at radius 3 is 1.67 bits per heavy atom. The minimum absolute atomic E-state index is 0.0577. The average Bonchev–Trinajstić information content (AvgIpc) is 3.51. The Bertz CT molecular complexity index is 1630. The Morgan fingerprint density at radius 2 is 1.17 bits per heavy atom. The maximum Gasteiger partial charge on any atom is 0.161 e. The molecule has 63 heavy (non-hydrogen) atoms. The van der Waals surface area contributed by atoms with Gasteiger partial charge in [-0.25, -0.2) is 0 Å². The van der Waals surface area contributed by atoms with Crippen LogP contribution >= 0.6 is 0 Å². The lowest BCUT2D eigenvalue weighted by molar-refractivity contribution is -0.344. The second-order valence-corrected chi connectivity index (χ2v) is 20.7. The van der Waals surface area contributed by atoms with Crippen LogP contribution in [0.25, 0.3) is 0 Å². The van der Waals surface area contributed by atoms with Gasteiger partial charge in [0.2, 0.25) is 0 Å². The van der Waals surface area contributed by atoms with Gasteiger partial charge < -0.3 is 78.4 Å². The number of hydrogen-bond donors (Lipinski definition) is 7. The van der Waals surface area contributed by atoms with Gasteiger partial charge in [-0.05, 0) is 85.0 Å². The molecule has 0 aromatic rings. The van der Waals surface area contributed by atoms with E-state index in [1.807, 2.05) is 6.08 Å². The Kier molecular flexibility index (Phi) is 13.8. The molecule has 0 spiro atoms. The number of Topliss-reactive ketones (excluding diaryl/α,β-unsaturated/α-hetero) is 1. The third-order valence-electron chi connectivity index (χ3n) is 17.1. The van der Waals surface area contributed by atoms with Gasteiger partial charge >= 0.3 is 0 Å². The third-order valence-corrected chi connectivity index (χ3v) is 17.1.